The standard InChI is InChI=1S/C8H7N3O2.2Al.4H/c12-5-8(13)11-2-1-7-6(4-11)3-9-10-7;;;;;;/h3H,1-2,4H2;;;;;;/q-1;;+1;;;;. The van der Waals surface area contributed by atoms with Gasteiger partial charge >= 0.3 is 32.8 Å². The Kier molecular flexibility index (Phi) is 3.00. The van der Waals surface area contributed by atoms with Crippen LogP contribution in [0, 0.1) is 0 Å². The number of aromatic nitrogens is 2. The molecule has 1 aromatic heterocycles. The van der Waals surface area contributed by atoms with Gasteiger partial charge in [-0.2, -0.15) is 0 Å². The van der Waals surface area contributed by atoms with Crippen molar-refractivity contribution >= 4 is 43.4 Å². The zero-order valence-corrected chi connectivity index (χ0v) is 12.9. The second-order valence-electron chi connectivity index (χ2n) is 3.77. The molecule has 0 atom stereocenters. The lowest BCUT2D eigenvalue weighted by Crippen LogP contribution is -2.40. The van der Waals surface area contributed by atoms with Gasteiger partial charge < -0.3 is 13.4 Å². The van der Waals surface area contributed by atoms with Gasteiger partial charge in [-0.05, 0) is 0 Å². The monoisotopic (exact) mass is 235 g/mol. The summed E-state index contributed by atoms with van der Waals surface area (Å²) >= 11 is 1.18. The molecule has 0 fully saturated rings. The molecule has 76 valence electrons. The van der Waals surface area contributed by atoms with Crippen LogP contribution < -0.4 is 0 Å². The van der Waals surface area contributed by atoms with E-state index in [4.69, 9.17) is 0 Å². The summed E-state index contributed by atoms with van der Waals surface area (Å²) in [5.41, 5.74) is 2.32. The summed E-state index contributed by atoms with van der Waals surface area (Å²) in [6.45, 7) is 1.19. The Hall–Kier alpha value is -0.585. The predicted molar refractivity (Wildman–Crippen MR) is 58.8 cm³/mol. The first kappa shape index (κ1) is 10.9. The van der Waals surface area contributed by atoms with E-state index in [1.165, 1.54) is 5.69 Å². The highest BCUT2D eigenvalue weighted by molar-refractivity contribution is 6.76. The number of nitrogens with zero attached hydrogens (tertiary/aromatic N) is 3. The van der Waals surface area contributed by atoms with Gasteiger partial charge in [0.25, 0.3) is 5.91 Å². The molecule has 5 nitrogen and oxygen atoms in total. The third-order valence-electron chi connectivity index (χ3n) is 2.72. The SMILES string of the molecule is O=[C]([AlH2])C(=O)N1CCc2c(cn[n]2[AlH2])C1. The van der Waals surface area contributed by atoms with E-state index in [0.717, 1.165) is 28.5 Å². The molecule has 0 saturated carbocycles. The molecule has 0 aromatic carbocycles. The van der Waals surface area contributed by atoms with Crippen LogP contribution in [-0.4, -0.2) is 63.6 Å². The Labute approximate surface area is 103 Å². The van der Waals surface area contributed by atoms with E-state index in [0.29, 0.717) is 29.4 Å². The topological polar surface area (TPSA) is 55.2 Å². The minimum atomic E-state index is -0.326. The number of carbonyl (C=O) groups excluding carboxylic acids is 2. The average Bonchev–Trinajstić information content (AvgIpc) is 2.59. The summed E-state index contributed by atoms with van der Waals surface area (Å²) in [6.07, 6.45) is 2.62. The molecule has 0 N–H and O–H groups in total. The number of amides is 1. The second kappa shape index (κ2) is 4.12. The predicted octanol–water partition coefficient (Wildman–Crippen LogP) is -2.68. The van der Waals surface area contributed by atoms with Gasteiger partial charge in [-0.3, -0.25) is 4.79 Å². The van der Waals surface area contributed by atoms with E-state index in [2.05, 4.69) is 5.10 Å². The molecule has 1 aliphatic rings. The van der Waals surface area contributed by atoms with Crippen LogP contribution in [0.25, 0.3) is 0 Å². The van der Waals surface area contributed by atoms with E-state index in [9.17, 15) is 9.59 Å². The third kappa shape index (κ3) is 2.02. The van der Waals surface area contributed by atoms with Crippen LogP contribution in [0.2, 0.25) is 0 Å². The van der Waals surface area contributed by atoms with Gasteiger partial charge in [0.1, 0.15) is 4.65 Å². The highest BCUT2D eigenvalue weighted by atomic mass is 27.1. The third-order valence-corrected chi connectivity index (χ3v) is 3.91. The van der Waals surface area contributed by atoms with Gasteiger partial charge in [-0.1, -0.05) is 0 Å². The molecule has 0 radical (unpaired) electrons. The fourth-order valence-corrected chi connectivity index (χ4v) is 2.83. The molecule has 15 heavy (non-hydrogen) atoms. The van der Waals surface area contributed by atoms with Gasteiger partial charge in [0, 0.05) is 30.8 Å². The van der Waals surface area contributed by atoms with Crippen molar-refractivity contribution in [2.24, 2.45) is 0 Å². The highest BCUT2D eigenvalue weighted by Crippen LogP contribution is 2.17. The van der Waals surface area contributed by atoms with Crippen LogP contribution in [0.5, 0.6) is 0 Å². The molecular formula is C8H11Al2N3O2. The van der Waals surface area contributed by atoms with Gasteiger partial charge in [0.15, 0.2) is 0 Å². The minimum Gasteiger partial charge on any atom is -0.371 e. The summed E-state index contributed by atoms with van der Waals surface area (Å²) in [4.78, 5) is 24.1. The summed E-state index contributed by atoms with van der Waals surface area (Å²) in [5.74, 6) is -0.326. The first-order valence-electron chi connectivity index (χ1n) is 4.89. The van der Waals surface area contributed by atoms with Crippen molar-refractivity contribution in [2.45, 2.75) is 13.0 Å². The maximum Gasteiger partial charge on any atom is 0.398 e. The van der Waals surface area contributed by atoms with E-state index in [1.807, 2.05) is 3.67 Å². The van der Waals surface area contributed by atoms with Crippen molar-refractivity contribution in [3.63, 3.8) is 0 Å². The molecule has 1 aromatic rings. The molecule has 2 rings (SSSR count). The molecular weight excluding hydrogens is 224 g/mol. The van der Waals surface area contributed by atoms with Crippen LogP contribution >= 0.6 is 0 Å². The maximum absolute atomic E-state index is 11.5. The van der Waals surface area contributed by atoms with E-state index in [-0.39, 0.29) is 10.6 Å². The minimum absolute atomic E-state index is 0.253. The van der Waals surface area contributed by atoms with Crippen molar-refractivity contribution in [2.75, 3.05) is 6.54 Å². The molecule has 0 bridgehead atoms. The van der Waals surface area contributed by atoms with Crippen molar-refractivity contribution in [1.82, 2.24) is 13.7 Å². The zero-order valence-electron chi connectivity index (χ0n) is 8.86. The Bertz CT molecular complexity index is 430. The Morgan fingerprint density at radius 3 is 2.87 bits per heavy atom. The maximum atomic E-state index is 11.5. The molecule has 0 aliphatic carbocycles. The molecule has 2 heterocycles. The van der Waals surface area contributed by atoms with E-state index < -0.39 is 0 Å². The highest BCUT2D eigenvalue weighted by Gasteiger charge is 2.24. The van der Waals surface area contributed by atoms with E-state index >= 15 is 0 Å². The lowest BCUT2D eigenvalue weighted by Gasteiger charge is -2.26. The van der Waals surface area contributed by atoms with Gasteiger partial charge in [-0.25, -0.2) is 5.10 Å². The van der Waals surface area contributed by atoms with Gasteiger partial charge in [-0.15, -0.1) is 0 Å². The Balaban J connectivity index is 2.19. The molecule has 0 unspecified atom stereocenters. The second-order valence-corrected chi connectivity index (χ2v) is 5.53. The number of hydrogen-bond donors (Lipinski definition) is 0. The van der Waals surface area contributed by atoms with Crippen molar-refractivity contribution in [3.05, 3.63) is 17.5 Å². The van der Waals surface area contributed by atoms with Crippen LogP contribution in [0.3, 0.4) is 0 Å². The number of hydrogen-bond acceptors (Lipinski definition) is 3. The van der Waals surface area contributed by atoms with Gasteiger partial charge in [0.2, 0.25) is 0 Å². The first-order chi connectivity index (χ1) is 7.09. The molecule has 0 spiro atoms. The quantitative estimate of drug-likeness (QED) is 0.394. The largest absolute Gasteiger partial charge is 0.398 e. The number of carbonyl (C=O) groups is 2. The Morgan fingerprint density at radius 2 is 2.20 bits per heavy atom. The van der Waals surface area contributed by atoms with Crippen LogP contribution in [0.1, 0.15) is 11.3 Å². The summed E-state index contributed by atoms with van der Waals surface area (Å²) in [7, 11) is 0. The van der Waals surface area contributed by atoms with Crippen LogP contribution in [0.4, 0.5) is 0 Å². The van der Waals surface area contributed by atoms with Crippen molar-refractivity contribution in [3.8, 4) is 0 Å². The molecule has 1 amide bonds. The smallest absolute Gasteiger partial charge is 0.371 e. The van der Waals surface area contributed by atoms with Crippen LogP contribution in [-0.2, 0) is 22.6 Å². The molecule has 0 saturated heterocycles. The first-order valence-corrected chi connectivity index (χ1v) is 6.78. The number of rotatable bonds is 1. The fraction of sp³-hybridized carbons (Fsp3) is 0.375. The average molecular weight is 235 g/mol. The molecule has 1 aliphatic heterocycles. The van der Waals surface area contributed by atoms with E-state index in [1.54, 1.807) is 11.1 Å². The van der Waals surface area contributed by atoms with Crippen LogP contribution in [0.15, 0.2) is 6.20 Å². The summed E-state index contributed by atoms with van der Waals surface area (Å²) in [6, 6.07) is 0. The van der Waals surface area contributed by atoms with Gasteiger partial charge in [0.05, 0.1) is 6.20 Å². The lowest BCUT2D eigenvalue weighted by molar-refractivity contribution is -0.141. The summed E-state index contributed by atoms with van der Waals surface area (Å²) in [5, 5.41) is 4.20. The fourth-order valence-electron chi connectivity index (χ4n) is 1.88. The van der Waals surface area contributed by atoms with Crippen molar-refractivity contribution < 1.29 is 9.59 Å². The summed E-state index contributed by atoms with van der Waals surface area (Å²) < 4.78 is 1.72. The Morgan fingerprint density at radius 1 is 1.47 bits per heavy atom. The number of fused-ring (bicyclic) bond motifs is 1. The normalized spacial score (nSPS) is 14.8. The molecule has 7 heteroatoms. The zero-order chi connectivity index (χ0) is 11.0. The van der Waals surface area contributed by atoms with Crippen molar-refractivity contribution in [1.29, 1.82) is 0 Å². The lowest BCUT2D eigenvalue weighted by atomic mass is 10.1.